The Balaban J connectivity index is 0.000000665. The van der Waals surface area contributed by atoms with Crippen molar-refractivity contribution in [3.63, 3.8) is 0 Å². The average molecular weight is 413 g/mol. The van der Waals surface area contributed by atoms with Crippen molar-refractivity contribution in [1.29, 1.82) is 0 Å². The summed E-state index contributed by atoms with van der Waals surface area (Å²) >= 11 is 12.0. The van der Waals surface area contributed by atoms with E-state index in [0.717, 1.165) is 5.56 Å². The molecule has 1 aliphatic heterocycles. The minimum absolute atomic E-state index is 0.0534. The average Bonchev–Trinajstić information content (AvgIpc) is 3.12. The fourth-order valence-electron chi connectivity index (χ4n) is 2.56. The van der Waals surface area contributed by atoms with Crippen LogP contribution in [0, 0.1) is 0 Å². The molecule has 0 radical (unpaired) electrons. The number of hydrogen-bond acceptors (Lipinski definition) is 3. The number of nitrogens with two attached hydrogens (primary N) is 1. The molecule has 0 bridgehead atoms. The number of carbonyl (C=O) groups is 1. The van der Waals surface area contributed by atoms with Crippen LogP contribution >= 0.6 is 23.2 Å². The first kappa shape index (κ1) is 23.5. The van der Waals surface area contributed by atoms with E-state index in [1.54, 1.807) is 29.6 Å². The Morgan fingerprint density at radius 1 is 1.30 bits per heavy atom. The molecule has 0 spiro atoms. The van der Waals surface area contributed by atoms with Crippen molar-refractivity contribution in [2.75, 3.05) is 13.1 Å². The van der Waals surface area contributed by atoms with Crippen molar-refractivity contribution in [3.05, 3.63) is 52.5 Å². The molecular weight excluding hydrogens is 383 g/mol. The Hall–Kier alpha value is -1.56. The molecule has 1 unspecified atom stereocenters. The summed E-state index contributed by atoms with van der Waals surface area (Å²) in [6.07, 6.45) is 7.06. The highest BCUT2D eigenvalue weighted by Gasteiger charge is 2.34. The van der Waals surface area contributed by atoms with Gasteiger partial charge in [0.1, 0.15) is 0 Å². The van der Waals surface area contributed by atoms with Crippen molar-refractivity contribution in [1.82, 2.24) is 14.5 Å². The lowest BCUT2D eigenvalue weighted by molar-refractivity contribution is -0.138. The number of halogens is 2. The number of likely N-dealkylation sites (tertiary alicyclic amines) is 1. The molecule has 1 atom stereocenters. The minimum Gasteiger partial charge on any atom is -0.337 e. The molecule has 1 aliphatic rings. The Bertz CT molecular complexity index is 685. The molecule has 3 rings (SSSR count). The molecule has 27 heavy (non-hydrogen) atoms. The van der Waals surface area contributed by atoms with Crippen LogP contribution in [0.4, 0.5) is 0 Å². The molecule has 2 heterocycles. The zero-order chi connectivity index (χ0) is 20.4. The SMILES string of the molecule is CC.CCC.NC(Cc1ccc(Cl)cc1Cl)C(=O)N1CC(n2ccnc2)C1. The molecule has 2 N–H and O–H groups in total. The fourth-order valence-corrected chi connectivity index (χ4v) is 3.04. The van der Waals surface area contributed by atoms with Gasteiger partial charge in [-0.05, 0) is 24.1 Å². The standard InChI is InChI=1S/C15H16Cl2N4O.C3H8.C2H6/c16-11-2-1-10(13(17)6-11)5-14(18)15(22)21-7-12(8-21)20-4-3-19-9-20;1-3-2;1-2/h1-4,6,9,12,14H,5,7-8,18H2;3H2,1-2H3;1-2H3. The van der Waals surface area contributed by atoms with Gasteiger partial charge in [-0.2, -0.15) is 0 Å². The molecule has 0 aliphatic carbocycles. The molecule has 7 heteroatoms. The normalized spacial score (nSPS) is 14.3. The molecule has 1 aromatic carbocycles. The predicted octanol–water partition coefficient (Wildman–Crippen LogP) is 4.59. The lowest BCUT2D eigenvalue weighted by atomic mass is 10.0. The number of carbonyl (C=O) groups excluding carboxylic acids is 1. The Morgan fingerprint density at radius 2 is 1.93 bits per heavy atom. The van der Waals surface area contributed by atoms with Gasteiger partial charge < -0.3 is 15.2 Å². The third-order valence-electron chi connectivity index (χ3n) is 3.89. The first-order valence-electron chi connectivity index (χ1n) is 9.42. The van der Waals surface area contributed by atoms with Gasteiger partial charge in [-0.25, -0.2) is 4.98 Å². The number of aromatic nitrogens is 2. The van der Waals surface area contributed by atoms with Gasteiger partial charge >= 0.3 is 0 Å². The van der Waals surface area contributed by atoms with Crippen LogP contribution in [0.1, 0.15) is 45.7 Å². The van der Waals surface area contributed by atoms with E-state index in [1.807, 2.05) is 30.7 Å². The van der Waals surface area contributed by atoms with Crippen molar-refractivity contribution < 1.29 is 4.79 Å². The zero-order valence-corrected chi connectivity index (χ0v) is 18.0. The van der Waals surface area contributed by atoms with Crippen LogP contribution in [-0.4, -0.2) is 39.5 Å². The van der Waals surface area contributed by atoms with Crippen LogP contribution in [0.2, 0.25) is 10.0 Å². The van der Waals surface area contributed by atoms with Crippen molar-refractivity contribution in [2.24, 2.45) is 5.73 Å². The molecule has 1 fully saturated rings. The number of nitrogens with zero attached hydrogens (tertiary/aromatic N) is 3. The summed E-state index contributed by atoms with van der Waals surface area (Å²) in [4.78, 5) is 18.1. The van der Waals surface area contributed by atoms with E-state index in [9.17, 15) is 4.79 Å². The van der Waals surface area contributed by atoms with Crippen molar-refractivity contribution in [2.45, 2.75) is 52.6 Å². The van der Waals surface area contributed by atoms with Crippen LogP contribution in [0.5, 0.6) is 0 Å². The number of rotatable bonds is 4. The lowest BCUT2D eigenvalue weighted by Gasteiger charge is -2.41. The fraction of sp³-hybridized carbons (Fsp3) is 0.500. The third-order valence-corrected chi connectivity index (χ3v) is 4.48. The molecule has 5 nitrogen and oxygen atoms in total. The molecule has 150 valence electrons. The number of amides is 1. The highest BCUT2D eigenvalue weighted by Crippen LogP contribution is 2.24. The van der Waals surface area contributed by atoms with Crippen LogP contribution in [0.15, 0.2) is 36.9 Å². The van der Waals surface area contributed by atoms with E-state index in [1.165, 1.54) is 6.42 Å². The lowest BCUT2D eigenvalue weighted by Crippen LogP contribution is -2.56. The monoisotopic (exact) mass is 412 g/mol. The van der Waals surface area contributed by atoms with Crippen LogP contribution in [-0.2, 0) is 11.2 Å². The Morgan fingerprint density at radius 3 is 2.44 bits per heavy atom. The molecule has 0 saturated carbocycles. The van der Waals surface area contributed by atoms with E-state index in [2.05, 4.69) is 18.8 Å². The highest BCUT2D eigenvalue weighted by atomic mass is 35.5. The largest absolute Gasteiger partial charge is 0.337 e. The zero-order valence-electron chi connectivity index (χ0n) is 16.5. The van der Waals surface area contributed by atoms with Gasteiger partial charge in [0.2, 0.25) is 5.91 Å². The van der Waals surface area contributed by atoms with Gasteiger partial charge in [0, 0.05) is 35.5 Å². The Labute approximate surface area is 172 Å². The molecule has 1 amide bonds. The maximum atomic E-state index is 12.3. The van der Waals surface area contributed by atoms with Crippen LogP contribution < -0.4 is 5.73 Å². The van der Waals surface area contributed by atoms with Crippen molar-refractivity contribution >= 4 is 29.1 Å². The summed E-state index contributed by atoms with van der Waals surface area (Å²) in [5, 5.41) is 1.11. The maximum absolute atomic E-state index is 12.3. The van der Waals surface area contributed by atoms with Gasteiger partial charge in [-0.1, -0.05) is 63.4 Å². The minimum atomic E-state index is -0.595. The Kier molecular flexibility index (Phi) is 10.4. The van der Waals surface area contributed by atoms with Gasteiger partial charge in [0.25, 0.3) is 0 Å². The van der Waals surface area contributed by atoms with E-state index in [0.29, 0.717) is 29.6 Å². The van der Waals surface area contributed by atoms with E-state index in [4.69, 9.17) is 28.9 Å². The van der Waals surface area contributed by atoms with Crippen molar-refractivity contribution in [3.8, 4) is 0 Å². The molecule has 1 saturated heterocycles. The molecule has 2 aromatic rings. The summed E-state index contributed by atoms with van der Waals surface area (Å²) in [6.45, 7) is 9.58. The van der Waals surface area contributed by atoms with Gasteiger partial charge in [0.05, 0.1) is 18.4 Å². The smallest absolute Gasteiger partial charge is 0.239 e. The number of imidazole rings is 1. The van der Waals surface area contributed by atoms with E-state index >= 15 is 0 Å². The summed E-state index contributed by atoms with van der Waals surface area (Å²) in [5.74, 6) is -0.0534. The third kappa shape index (κ3) is 6.83. The van der Waals surface area contributed by atoms with Crippen LogP contribution in [0.3, 0.4) is 0 Å². The van der Waals surface area contributed by atoms with Gasteiger partial charge in [0.15, 0.2) is 0 Å². The predicted molar refractivity (Wildman–Crippen MR) is 113 cm³/mol. The molecule has 1 aromatic heterocycles. The first-order chi connectivity index (χ1) is 13.0. The van der Waals surface area contributed by atoms with Crippen LogP contribution in [0.25, 0.3) is 0 Å². The maximum Gasteiger partial charge on any atom is 0.239 e. The summed E-state index contributed by atoms with van der Waals surface area (Å²) in [6, 6.07) is 4.91. The summed E-state index contributed by atoms with van der Waals surface area (Å²) in [5.41, 5.74) is 6.86. The quantitative estimate of drug-likeness (QED) is 0.798. The van der Waals surface area contributed by atoms with E-state index in [-0.39, 0.29) is 11.9 Å². The van der Waals surface area contributed by atoms with E-state index < -0.39 is 6.04 Å². The van der Waals surface area contributed by atoms with Gasteiger partial charge in [-0.15, -0.1) is 0 Å². The van der Waals surface area contributed by atoms with Gasteiger partial charge in [-0.3, -0.25) is 4.79 Å². The molecular formula is C20H30Cl2N4O. The number of hydrogen-bond donors (Lipinski definition) is 1. The second-order valence-electron chi connectivity index (χ2n) is 6.16. The summed E-state index contributed by atoms with van der Waals surface area (Å²) < 4.78 is 2.01. The summed E-state index contributed by atoms with van der Waals surface area (Å²) in [7, 11) is 0. The second kappa shape index (κ2) is 12.0. The first-order valence-corrected chi connectivity index (χ1v) is 10.2. The highest BCUT2D eigenvalue weighted by molar-refractivity contribution is 6.35. The topological polar surface area (TPSA) is 64.2 Å². The second-order valence-corrected chi connectivity index (χ2v) is 7.00. The number of benzene rings is 1.